The summed E-state index contributed by atoms with van der Waals surface area (Å²) in [5, 5.41) is 3.79. The number of ether oxygens (including phenoxy) is 2. The average Bonchev–Trinajstić information content (AvgIpc) is 2.80. The van der Waals surface area contributed by atoms with Gasteiger partial charge in [0.1, 0.15) is 12.4 Å². The van der Waals surface area contributed by atoms with E-state index in [-0.39, 0.29) is 5.91 Å². The molecule has 0 radical (unpaired) electrons. The molecule has 4 rings (SSSR count). The maximum atomic E-state index is 13.4. The first-order valence-corrected chi connectivity index (χ1v) is 12.4. The minimum atomic E-state index is -0.610. The zero-order chi connectivity index (χ0) is 23.3. The van der Waals surface area contributed by atoms with E-state index in [1.165, 1.54) is 6.42 Å². The van der Waals surface area contributed by atoms with Gasteiger partial charge in [-0.1, -0.05) is 37.6 Å². The molecule has 0 bridgehead atoms. The Morgan fingerprint density at radius 2 is 1.70 bits per heavy atom. The number of rotatable bonds is 7. The number of nitrogens with zero attached hydrogens (tertiary/aromatic N) is 1. The summed E-state index contributed by atoms with van der Waals surface area (Å²) in [5.74, 6) is 2.33. The highest BCUT2D eigenvalue weighted by Gasteiger charge is 2.41. The number of carbonyl (C=O) groups is 1. The molecule has 2 atom stereocenters. The van der Waals surface area contributed by atoms with E-state index in [2.05, 4.69) is 24.1 Å². The highest BCUT2D eigenvalue weighted by atomic mass is 35.5. The fourth-order valence-corrected chi connectivity index (χ4v) is 5.41. The molecule has 2 saturated heterocycles. The molecule has 2 aliphatic rings. The van der Waals surface area contributed by atoms with Crippen LogP contribution in [-0.4, -0.2) is 50.3 Å². The van der Waals surface area contributed by atoms with Gasteiger partial charge in [-0.05, 0) is 73.1 Å². The van der Waals surface area contributed by atoms with Gasteiger partial charge in [-0.25, -0.2) is 0 Å². The maximum absolute atomic E-state index is 13.4. The fraction of sp³-hybridized carbons (Fsp3) is 0.519. The Labute approximate surface area is 202 Å². The fourth-order valence-electron chi connectivity index (χ4n) is 5.29. The number of hydrogen-bond acceptors (Lipinski definition) is 4. The van der Waals surface area contributed by atoms with Crippen LogP contribution in [0.2, 0.25) is 5.02 Å². The summed E-state index contributed by atoms with van der Waals surface area (Å²) in [5.41, 5.74) is 1.14. The van der Waals surface area contributed by atoms with E-state index in [9.17, 15) is 4.79 Å². The number of hydrogen-bond donors (Lipinski definition) is 1. The number of halogens is 1. The van der Waals surface area contributed by atoms with Crippen LogP contribution in [0.3, 0.4) is 0 Å². The summed E-state index contributed by atoms with van der Waals surface area (Å²) in [6.07, 6.45) is 2.61. The number of anilines is 1. The molecule has 0 aliphatic carbocycles. The van der Waals surface area contributed by atoms with E-state index in [0.29, 0.717) is 37.7 Å². The first kappa shape index (κ1) is 24.1. The Bertz CT molecular complexity index is 900. The van der Waals surface area contributed by atoms with Crippen LogP contribution in [0.4, 0.5) is 5.69 Å². The van der Waals surface area contributed by atoms with Gasteiger partial charge in [-0.3, -0.25) is 9.69 Å². The molecule has 2 aromatic carbocycles. The zero-order valence-corrected chi connectivity index (χ0v) is 20.4. The average molecular weight is 471 g/mol. The zero-order valence-electron chi connectivity index (χ0n) is 19.7. The summed E-state index contributed by atoms with van der Waals surface area (Å²) in [6, 6.07) is 15.3. The van der Waals surface area contributed by atoms with Crippen molar-refractivity contribution in [3.05, 3.63) is 59.1 Å². The molecule has 0 spiro atoms. The predicted molar refractivity (Wildman–Crippen MR) is 133 cm³/mol. The van der Waals surface area contributed by atoms with E-state index in [1.54, 1.807) is 0 Å². The van der Waals surface area contributed by atoms with Crippen molar-refractivity contribution in [1.82, 2.24) is 4.90 Å². The number of benzene rings is 2. The summed E-state index contributed by atoms with van der Waals surface area (Å²) in [7, 11) is 0. The molecule has 5 nitrogen and oxygen atoms in total. The van der Waals surface area contributed by atoms with E-state index >= 15 is 0 Å². The summed E-state index contributed by atoms with van der Waals surface area (Å²) >= 11 is 6.07. The summed E-state index contributed by atoms with van der Waals surface area (Å²) < 4.78 is 11.5. The van der Waals surface area contributed by atoms with Crippen molar-refractivity contribution in [3.63, 3.8) is 0 Å². The van der Waals surface area contributed by atoms with Gasteiger partial charge in [-0.2, -0.15) is 0 Å². The summed E-state index contributed by atoms with van der Waals surface area (Å²) in [6.45, 7) is 9.71. The van der Waals surface area contributed by atoms with Crippen LogP contribution in [0.25, 0.3) is 0 Å². The van der Waals surface area contributed by atoms with Crippen LogP contribution < -0.4 is 10.1 Å². The van der Waals surface area contributed by atoms with Crippen molar-refractivity contribution in [3.8, 4) is 5.75 Å². The Morgan fingerprint density at radius 3 is 2.33 bits per heavy atom. The van der Waals surface area contributed by atoms with E-state index in [4.69, 9.17) is 21.1 Å². The third kappa shape index (κ3) is 6.08. The van der Waals surface area contributed by atoms with Gasteiger partial charge in [0.15, 0.2) is 0 Å². The Kier molecular flexibility index (Phi) is 7.94. The molecule has 178 valence electrons. The largest absolute Gasteiger partial charge is 0.492 e. The number of likely N-dealkylation sites (tertiary alicyclic amines) is 1. The topological polar surface area (TPSA) is 50.8 Å². The second kappa shape index (κ2) is 10.9. The van der Waals surface area contributed by atoms with Crippen LogP contribution in [0.1, 0.15) is 38.7 Å². The minimum absolute atomic E-state index is 0.00451. The molecule has 2 fully saturated rings. The van der Waals surface area contributed by atoms with Gasteiger partial charge < -0.3 is 14.8 Å². The number of piperidine rings is 1. The standard InChI is InChI=1S/C27H35ClN2O3/c1-20-17-21(2)19-30(18-20)13-16-33-25-9-7-24(8-10-25)29-26(31)27(11-14-32-15-12-27)22-3-5-23(28)6-4-22/h3-10,20-21H,11-19H2,1-2H3,(H,29,31)/t20-,21+. The maximum Gasteiger partial charge on any atom is 0.235 e. The third-order valence-electron chi connectivity index (χ3n) is 6.91. The first-order chi connectivity index (χ1) is 15.9. The first-order valence-electron chi connectivity index (χ1n) is 12.0. The molecule has 2 aromatic rings. The monoisotopic (exact) mass is 470 g/mol. The lowest BCUT2D eigenvalue weighted by Gasteiger charge is -2.36. The molecule has 1 amide bonds. The van der Waals surface area contributed by atoms with Crippen LogP contribution in [0.15, 0.2) is 48.5 Å². The van der Waals surface area contributed by atoms with Crippen LogP contribution in [-0.2, 0) is 14.9 Å². The third-order valence-corrected chi connectivity index (χ3v) is 7.16. The minimum Gasteiger partial charge on any atom is -0.492 e. The normalized spacial score (nSPS) is 23.1. The Hall–Kier alpha value is -2.08. The predicted octanol–water partition coefficient (Wildman–Crippen LogP) is 5.38. The van der Waals surface area contributed by atoms with Crippen molar-refractivity contribution in [2.45, 2.75) is 38.5 Å². The number of amides is 1. The highest BCUT2D eigenvalue weighted by molar-refractivity contribution is 6.30. The van der Waals surface area contributed by atoms with Crippen molar-refractivity contribution in [1.29, 1.82) is 0 Å². The van der Waals surface area contributed by atoms with Crippen molar-refractivity contribution < 1.29 is 14.3 Å². The number of nitrogens with one attached hydrogen (secondary N) is 1. The molecule has 0 unspecified atom stereocenters. The van der Waals surface area contributed by atoms with Crippen LogP contribution in [0.5, 0.6) is 5.75 Å². The molecule has 2 heterocycles. The number of carbonyl (C=O) groups excluding carboxylic acids is 1. The molecule has 2 aliphatic heterocycles. The quantitative estimate of drug-likeness (QED) is 0.590. The highest BCUT2D eigenvalue weighted by Crippen LogP contribution is 2.37. The van der Waals surface area contributed by atoms with Gasteiger partial charge in [0, 0.05) is 43.6 Å². The molecular weight excluding hydrogens is 436 g/mol. The van der Waals surface area contributed by atoms with Gasteiger partial charge in [0.05, 0.1) is 5.41 Å². The van der Waals surface area contributed by atoms with Crippen molar-refractivity contribution >= 4 is 23.2 Å². The van der Waals surface area contributed by atoms with E-state index in [1.807, 2.05) is 48.5 Å². The second-order valence-corrected chi connectivity index (χ2v) is 10.2. The molecule has 0 aromatic heterocycles. The molecular formula is C27H35ClN2O3. The van der Waals surface area contributed by atoms with Crippen molar-refractivity contribution in [2.75, 3.05) is 44.8 Å². The SMILES string of the molecule is C[C@@H]1C[C@H](C)CN(CCOc2ccc(NC(=O)C3(c4ccc(Cl)cc4)CCOCC3)cc2)C1. The van der Waals surface area contributed by atoms with Gasteiger partial charge in [0.25, 0.3) is 0 Å². The van der Waals surface area contributed by atoms with E-state index < -0.39 is 5.41 Å². The lowest BCUT2D eigenvalue weighted by Crippen LogP contribution is -2.44. The summed E-state index contributed by atoms with van der Waals surface area (Å²) in [4.78, 5) is 15.9. The lowest BCUT2D eigenvalue weighted by atomic mass is 9.73. The van der Waals surface area contributed by atoms with Gasteiger partial charge >= 0.3 is 0 Å². The van der Waals surface area contributed by atoms with E-state index in [0.717, 1.165) is 48.5 Å². The Balaban J connectivity index is 1.34. The van der Waals surface area contributed by atoms with Crippen LogP contribution >= 0.6 is 11.6 Å². The lowest BCUT2D eigenvalue weighted by molar-refractivity contribution is -0.125. The molecule has 0 saturated carbocycles. The van der Waals surface area contributed by atoms with Crippen molar-refractivity contribution in [2.24, 2.45) is 11.8 Å². The molecule has 6 heteroatoms. The van der Waals surface area contributed by atoms with Gasteiger partial charge in [-0.15, -0.1) is 0 Å². The smallest absolute Gasteiger partial charge is 0.235 e. The van der Waals surface area contributed by atoms with Crippen LogP contribution in [0, 0.1) is 11.8 Å². The van der Waals surface area contributed by atoms with Gasteiger partial charge in [0.2, 0.25) is 5.91 Å². The Morgan fingerprint density at radius 1 is 1.06 bits per heavy atom. The molecule has 33 heavy (non-hydrogen) atoms. The second-order valence-electron chi connectivity index (χ2n) is 9.73. The molecule has 1 N–H and O–H groups in total.